The molecule has 0 spiro atoms. The molecule has 8 heteroatoms. The molecule has 2 aliphatic rings. The van der Waals surface area contributed by atoms with E-state index >= 15 is 0 Å². The van der Waals surface area contributed by atoms with Crippen LogP contribution in [0.5, 0.6) is 11.5 Å². The van der Waals surface area contributed by atoms with Crippen molar-refractivity contribution >= 4 is 27.5 Å². The van der Waals surface area contributed by atoms with Crippen LogP contribution in [-0.2, 0) is 4.79 Å². The van der Waals surface area contributed by atoms with E-state index in [9.17, 15) is 18.0 Å². The van der Waals surface area contributed by atoms with Crippen LogP contribution in [0.2, 0.25) is 0 Å². The second-order valence-corrected chi connectivity index (χ2v) is 7.57. The van der Waals surface area contributed by atoms with Gasteiger partial charge in [0.15, 0.2) is 5.75 Å². The van der Waals surface area contributed by atoms with Gasteiger partial charge in [-0.1, -0.05) is 34.1 Å². The van der Waals surface area contributed by atoms with Crippen LogP contribution in [0, 0.1) is 0 Å². The van der Waals surface area contributed by atoms with Crippen molar-refractivity contribution in [1.29, 1.82) is 0 Å². The number of nitrogens with zero attached hydrogens (tertiary/aromatic N) is 1. The van der Waals surface area contributed by atoms with E-state index in [2.05, 4.69) is 26.1 Å². The molecule has 2 heterocycles. The molecule has 1 N–H and O–H groups in total. The van der Waals surface area contributed by atoms with E-state index < -0.39 is 18.1 Å². The first-order valence-electron chi connectivity index (χ1n) is 8.53. The molecule has 0 radical (unpaired) electrons. The van der Waals surface area contributed by atoms with Gasteiger partial charge in [-0.25, -0.2) is 0 Å². The summed E-state index contributed by atoms with van der Waals surface area (Å²) in [6, 6.07) is 12.5. The Hall–Kier alpha value is -2.22. The Labute approximate surface area is 162 Å². The topological polar surface area (TPSA) is 41.6 Å². The fourth-order valence-corrected chi connectivity index (χ4v) is 4.06. The summed E-state index contributed by atoms with van der Waals surface area (Å²) in [6.45, 7) is 0.514. The first-order chi connectivity index (χ1) is 12.8. The molecule has 0 bridgehead atoms. The van der Waals surface area contributed by atoms with Crippen LogP contribution < -0.4 is 15.0 Å². The molecule has 2 aromatic rings. The summed E-state index contributed by atoms with van der Waals surface area (Å²) >= 11 is 3.45. The highest BCUT2D eigenvalue weighted by atomic mass is 79.9. The number of para-hydroxylation sites is 1. The lowest BCUT2D eigenvalue weighted by molar-refractivity contribution is -0.174. The SMILES string of the molecule is O=C(NC1CCN2c3ccc(Br)cc3Oc3ccccc3C2C1)C(F)(F)F. The van der Waals surface area contributed by atoms with E-state index in [1.165, 1.54) is 0 Å². The molecule has 1 fully saturated rings. The summed E-state index contributed by atoms with van der Waals surface area (Å²) in [5.41, 5.74) is 1.79. The number of halogens is 4. The maximum absolute atomic E-state index is 12.6. The van der Waals surface area contributed by atoms with Gasteiger partial charge in [0.2, 0.25) is 0 Å². The van der Waals surface area contributed by atoms with Crippen molar-refractivity contribution in [3.05, 3.63) is 52.5 Å². The minimum Gasteiger partial charge on any atom is -0.455 e. The van der Waals surface area contributed by atoms with Crippen molar-refractivity contribution in [2.45, 2.75) is 31.1 Å². The minimum atomic E-state index is -4.87. The van der Waals surface area contributed by atoms with Crippen LogP contribution in [0.15, 0.2) is 46.9 Å². The lowest BCUT2D eigenvalue weighted by Gasteiger charge is -2.40. The standard InChI is InChI=1S/C19H16BrF3N2O2/c20-11-5-6-14-17(9-11)27-16-4-2-1-3-13(16)15-10-12(7-8-25(14)15)24-18(26)19(21,22)23/h1-6,9,12,15H,7-8,10H2,(H,24,26). The number of benzene rings is 2. The summed E-state index contributed by atoms with van der Waals surface area (Å²) in [5, 5.41) is 2.14. The number of rotatable bonds is 1. The Morgan fingerprint density at radius 2 is 1.96 bits per heavy atom. The van der Waals surface area contributed by atoms with Crippen molar-refractivity contribution in [3.63, 3.8) is 0 Å². The minimum absolute atomic E-state index is 0.184. The molecular weight excluding hydrogens is 425 g/mol. The Morgan fingerprint density at radius 1 is 1.19 bits per heavy atom. The number of ether oxygens (including phenoxy) is 1. The molecule has 1 saturated heterocycles. The van der Waals surface area contributed by atoms with Crippen molar-refractivity contribution in [1.82, 2.24) is 5.32 Å². The number of fused-ring (bicyclic) bond motifs is 5. The molecule has 2 aliphatic heterocycles. The number of carbonyl (C=O) groups is 1. The van der Waals surface area contributed by atoms with Gasteiger partial charge >= 0.3 is 12.1 Å². The molecule has 0 aliphatic carbocycles. The third kappa shape index (κ3) is 3.50. The summed E-state index contributed by atoms with van der Waals surface area (Å²) in [5.74, 6) is -0.521. The number of alkyl halides is 3. The Morgan fingerprint density at radius 3 is 2.74 bits per heavy atom. The molecular formula is C19H16BrF3N2O2. The molecule has 142 valence electrons. The van der Waals surface area contributed by atoms with Crippen LogP contribution >= 0.6 is 15.9 Å². The zero-order valence-electron chi connectivity index (χ0n) is 14.1. The average molecular weight is 441 g/mol. The van der Waals surface area contributed by atoms with Crippen LogP contribution in [0.1, 0.15) is 24.4 Å². The van der Waals surface area contributed by atoms with Gasteiger partial charge in [0.05, 0.1) is 11.7 Å². The van der Waals surface area contributed by atoms with Gasteiger partial charge in [0, 0.05) is 22.6 Å². The molecule has 4 rings (SSSR count). The molecule has 2 aromatic carbocycles. The van der Waals surface area contributed by atoms with E-state index in [1.807, 2.05) is 42.5 Å². The number of piperidine rings is 1. The van der Waals surface area contributed by atoms with Crippen LogP contribution in [0.3, 0.4) is 0 Å². The lowest BCUT2D eigenvalue weighted by Crippen LogP contribution is -2.49. The normalized spacial score (nSPS) is 21.3. The van der Waals surface area contributed by atoms with Crippen LogP contribution in [-0.4, -0.2) is 24.7 Å². The monoisotopic (exact) mass is 440 g/mol. The largest absolute Gasteiger partial charge is 0.471 e. The molecule has 1 amide bonds. The third-order valence-corrected chi connectivity index (χ3v) is 5.42. The fourth-order valence-electron chi connectivity index (χ4n) is 3.72. The van der Waals surface area contributed by atoms with Gasteiger partial charge in [-0.15, -0.1) is 0 Å². The Bertz CT molecular complexity index is 887. The number of hydrogen-bond donors (Lipinski definition) is 1. The second-order valence-electron chi connectivity index (χ2n) is 6.65. The van der Waals surface area contributed by atoms with Gasteiger partial charge in [-0.05, 0) is 37.1 Å². The van der Waals surface area contributed by atoms with Crippen molar-refractivity contribution in [2.24, 2.45) is 0 Å². The number of nitrogens with one attached hydrogen (secondary N) is 1. The Kier molecular flexibility index (Phi) is 4.53. The molecule has 4 nitrogen and oxygen atoms in total. The summed E-state index contributed by atoms with van der Waals surface area (Å²) in [4.78, 5) is 13.5. The van der Waals surface area contributed by atoms with Crippen LogP contribution in [0.4, 0.5) is 18.9 Å². The van der Waals surface area contributed by atoms with E-state index in [-0.39, 0.29) is 6.04 Å². The van der Waals surface area contributed by atoms with Gasteiger partial charge in [0.25, 0.3) is 0 Å². The van der Waals surface area contributed by atoms with Gasteiger partial charge < -0.3 is 15.0 Å². The van der Waals surface area contributed by atoms with Crippen molar-refractivity contribution < 1.29 is 22.7 Å². The number of carbonyl (C=O) groups excluding carboxylic acids is 1. The molecule has 27 heavy (non-hydrogen) atoms. The predicted molar refractivity (Wildman–Crippen MR) is 98.0 cm³/mol. The van der Waals surface area contributed by atoms with Crippen molar-refractivity contribution in [2.75, 3.05) is 11.4 Å². The zero-order valence-corrected chi connectivity index (χ0v) is 15.7. The molecule has 0 aromatic heterocycles. The quantitative estimate of drug-likeness (QED) is 0.682. The Balaban J connectivity index is 1.69. The molecule has 0 saturated carbocycles. The summed E-state index contributed by atoms with van der Waals surface area (Å²) in [7, 11) is 0. The van der Waals surface area contributed by atoms with E-state index in [0.717, 1.165) is 15.7 Å². The lowest BCUT2D eigenvalue weighted by atomic mass is 9.91. The highest BCUT2D eigenvalue weighted by Gasteiger charge is 2.42. The first-order valence-corrected chi connectivity index (χ1v) is 9.33. The molecule has 2 unspecified atom stereocenters. The van der Waals surface area contributed by atoms with E-state index in [4.69, 9.17) is 4.74 Å². The van der Waals surface area contributed by atoms with Gasteiger partial charge in [0.1, 0.15) is 5.75 Å². The second kappa shape index (κ2) is 6.74. The number of amides is 1. The summed E-state index contributed by atoms with van der Waals surface area (Å²) in [6.07, 6.45) is -4.08. The highest BCUT2D eigenvalue weighted by molar-refractivity contribution is 9.10. The van der Waals surface area contributed by atoms with E-state index in [1.54, 1.807) is 0 Å². The third-order valence-electron chi connectivity index (χ3n) is 4.92. The van der Waals surface area contributed by atoms with E-state index in [0.29, 0.717) is 30.9 Å². The number of hydrogen-bond acceptors (Lipinski definition) is 3. The predicted octanol–water partition coefficient (Wildman–Crippen LogP) is 4.94. The fraction of sp³-hybridized carbons (Fsp3) is 0.316. The molecule has 2 atom stereocenters. The smallest absolute Gasteiger partial charge is 0.455 e. The van der Waals surface area contributed by atoms with Gasteiger partial charge in [-0.3, -0.25) is 4.79 Å². The van der Waals surface area contributed by atoms with Crippen LogP contribution in [0.25, 0.3) is 0 Å². The highest BCUT2D eigenvalue weighted by Crippen LogP contribution is 2.48. The van der Waals surface area contributed by atoms with Gasteiger partial charge in [-0.2, -0.15) is 13.2 Å². The maximum Gasteiger partial charge on any atom is 0.471 e. The van der Waals surface area contributed by atoms with Crippen molar-refractivity contribution in [3.8, 4) is 11.5 Å². The summed E-state index contributed by atoms with van der Waals surface area (Å²) < 4.78 is 44.9. The average Bonchev–Trinajstić information content (AvgIpc) is 2.74. The number of anilines is 1. The maximum atomic E-state index is 12.6. The zero-order chi connectivity index (χ0) is 19.2. The first kappa shape index (κ1) is 18.2.